The van der Waals surface area contributed by atoms with E-state index in [2.05, 4.69) is 0 Å². The number of hydrogen-bond donors (Lipinski definition) is 2. The van der Waals surface area contributed by atoms with E-state index in [9.17, 15) is 19.5 Å². The average molecular weight is 300 g/mol. The van der Waals surface area contributed by atoms with Gasteiger partial charge in [-0.25, -0.2) is 4.79 Å². The largest absolute Gasteiger partial charge is 0.477 e. The molecule has 102 valence electrons. The van der Waals surface area contributed by atoms with Crippen LogP contribution in [0.4, 0.5) is 0 Å². The third-order valence-electron chi connectivity index (χ3n) is 3.51. The standard InChI is InChI=1S/C11H12N2O4S2/c12-7-9(15)13-8(11(16)17)4(3-18-10(7)13)5-1-2-6(14)19-5/h5,7,10H,1-3,12H2,(H,16,17)/t5-,7+,10+/m0/s1. The highest BCUT2D eigenvalue weighted by Gasteiger charge is 2.52. The Hall–Kier alpha value is -0.990. The molecule has 19 heavy (non-hydrogen) atoms. The van der Waals surface area contributed by atoms with E-state index in [0.717, 1.165) is 0 Å². The van der Waals surface area contributed by atoms with Gasteiger partial charge in [-0.2, -0.15) is 0 Å². The second-order valence-electron chi connectivity index (χ2n) is 4.63. The van der Waals surface area contributed by atoms with Crippen molar-refractivity contribution in [1.82, 2.24) is 4.90 Å². The SMILES string of the molecule is N[C@@H]1C(=O)N2C(C(=O)O)=C([C@@H]3CCC(=O)S3)CS[C@H]12. The van der Waals surface area contributed by atoms with Gasteiger partial charge in [0.25, 0.3) is 0 Å². The summed E-state index contributed by atoms with van der Waals surface area (Å²) in [6, 6.07) is -0.612. The number of carboxylic acid groups (broad SMARTS) is 1. The molecule has 0 aromatic carbocycles. The molecule has 3 N–H and O–H groups in total. The maximum atomic E-state index is 11.8. The van der Waals surface area contributed by atoms with Gasteiger partial charge in [0.1, 0.15) is 17.1 Å². The highest BCUT2D eigenvalue weighted by molar-refractivity contribution is 8.14. The van der Waals surface area contributed by atoms with Crippen LogP contribution in [0.5, 0.6) is 0 Å². The second kappa shape index (κ2) is 4.53. The zero-order valence-electron chi connectivity index (χ0n) is 9.87. The van der Waals surface area contributed by atoms with Crippen LogP contribution in [0.3, 0.4) is 0 Å². The lowest BCUT2D eigenvalue weighted by Gasteiger charge is -2.48. The van der Waals surface area contributed by atoms with Crippen molar-refractivity contribution in [3.8, 4) is 0 Å². The summed E-state index contributed by atoms with van der Waals surface area (Å²) in [5.41, 5.74) is 6.40. The molecule has 0 aliphatic carbocycles. The van der Waals surface area contributed by atoms with Crippen LogP contribution in [0, 0.1) is 0 Å². The number of thioether (sulfide) groups is 2. The Morgan fingerprint density at radius 1 is 1.42 bits per heavy atom. The number of rotatable bonds is 2. The van der Waals surface area contributed by atoms with E-state index < -0.39 is 12.0 Å². The number of nitrogens with zero attached hydrogens (tertiary/aromatic N) is 1. The van der Waals surface area contributed by atoms with Crippen molar-refractivity contribution >= 4 is 40.5 Å². The predicted octanol–water partition coefficient (Wildman–Crippen LogP) is -0.0103. The van der Waals surface area contributed by atoms with Gasteiger partial charge in [0, 0.05) is 17.4 Å². The van der Waals surface area contributed by atoms with Crippen LogP contribution in [0.15, 0.2) is 11.3 Å². The van der Waals surface area contributed by atoms with Crippen molar-refractivity contribution in [2.75, 3.05) is 5.75 Å². The van der Waals surface area contributed by atoms with Gasteiger partial charge in [-0.15, -0.1) is 11.8 Å². The van der Waals surface area contributed by atoms with Gasteiger partial charge < -0.3 is 10.8 Å². The topological polar surface area (TPSA) is 101 Å². The molecular formula is C11H12N2O4S2. The molecule has 0 spiro atoms. The summed E-state index contributed by atoms with van der Waals surface area (Å²) >= 11 is 2.66. The molecule has 3 aliphatic rings. The maximum Gasteiger partial charge on any atom is 0.352 e. The van der Waals surface area contributed by atoms with Gasteiger partial charge in [-0.3, -0.25) is 14.5 Å². The molecule has 0 saturated carbocycles. The summed E-state index contributed by atoms with van der Waals surface area (Å²) in [5, 5.41) is 9.06. The first-order valence-electron chi connectivity index (χ1n) is 5.86. The average Bonchev–Trinajstić information content (AvgIpc) is 2.82. The minimum Gasteiger partial charge on any atom is -0.477 e. The van der Waals surface area contributed by atoms with Crippen molar-refractivity contribution in [3.05, 3.63) is 11.3 Å². The van der Waals surface area contributed by atoms with Crippen LogP contribution in [0.25, 0.3) is 0 Å². The number of nitrogens with two attached hydrogens (primary N) is 1. The van der Waals surface area contributed by atoms with Gasteiger partial charge in [0.05, 0.1) is 0 Å². The monoisotopic (exact) mass is 300 g/mol. The Balaban J connectivity index is 1.97. The summed E-state index contributed by atoms with van der Waals surface area (Å²) in [6.07, 6.45) is 1.11. The molecule has 0 unspecified atom stereocenters. The van der Waals surface area contributed by atoms with Crippen molar-refractivity contribution in [2.45, 2.75) is 29.5 Å². The normalized spacial score (nSPS) is 34.4. The summed E-state index contributed by atoms with van der Waals surface area (Å²) in [4.78, 5) is 35.8. The highest BCUT2D eigenvalue weighted by atomic mass is 32.2. The Labute approximate surface area is 117 Å². The summed E-state index contributed by atoms with van der Waals surface area (Å²) in [6.45, 7) is 0. The van der Waals surface area contributed by atoms with Gasteiger partial charge in [0.2, 0.25) is 5.91 Å². The van der Waals surface area contributed by atoms with Crippen LogP contribution in [0.2, 0.25) is 0 Å². The molecule has 3 aliphatic heterocycles. The molecule has 0 radical (unpaired) electrons. The minimum absolute atomic E-state index is 0.0441. The molecule has 8 heteroatoms. The van der Waals surface area contributed by atoms with E-state index in [1.807, 2.05) is 0 Å². The molecule has 3 heterocycles. The molecule has 2 saturated heterocycles. The van der Waals surface area contributed by atoms with Crippen molar-refractivity contribution in [1.29, 1.82) is 0 Å². The number of fused-ring (bicyclic) bond motifs is 1. The van der Waals surface area contributed by atoms with E-state index in [1.165, 1.54) is 28.4 Å². The Kier molecular flexibility index (Phi) is 3.11. The first-order chi connectivity index (χ1) is 9.00. The first kappa shape index (κ1) is 13.0. The number of hydrogen-bond acceptors (Lipinski definition) is 6. The Morgan fingerprint density at radius 3 is 2.74 bits per heavy atom. The smallest absolute Gasteiger partial charge is 0.352 e. The summed E-state index contributed by atoms with van der Waals surface area (Å²) in [7, 11) is 0. The van der Waals surface area contributed by atoms with Crippen molar-refractivity contribution in [3.63, 3.8) is 0 Å². The van der Waals surface area contributed by atoms with Gasteiger partial charge >= 0.3 is 5.97 Å². The van der Waals surface area contributed by atoms with E-state index in [-0.39, 0.29) is 27.3 Å². The van der Waals surface area contributed by atoms with Gasteiger partial charge in [-0.1, -0.05) is 11.8 Å². The lowest BCUT2D eigenvalue weighted by Crippen LogP contribution is -2.68. The molecular weight excluding hydrogens is 288 g/mol. The fourth-order valence-electron chi connectivity index (χ4n) is 2.56. The Morgan fingerprint density at radius 2 is 2.16 bits per heavy atom. The van der Waals surface area contributed by atoms with Crippen molar-refractivity contribution < 1.29 is 19.5 Å². The molecule has 6 nitrogen and oxygen atoms in total. The summed E-state index contributed by atoms with van der Waals surface area (Å²) in [5.74, 6) is -0.934. The molecule has 0 bridgehead atoms. The van der Waals surface area contributed by atoms with Gasteiger partial charge in [0.15, 0.2) is 5.12 Å². The number of carboxylic acids is 1. The molecule has 3 rings (SSSR count). The quantitative estimate of drug-likeness (QED) is 0.692. The fraction of sp³-hybridized carbons (Fsp3) is 0.545. The summed E-state index contributed by atoms with van der Waals surface area (Å²) < 4.78 is 0. The highest BCUT2D eigenvalue weighted by Crippen LogP contribution is 2.44. The molecule has 3 atom stereocenters. The molecule has 2 fully saturated rings. The lowest BCUT2D eigenvalue weighted by molar-refractivity contribution is -0.148. The third-order valence-corrected chi connectivity index (χ3v) is 6.11. The fourth-order valence-corrected chi connectivity index (χ4v) is 5.16. The second-order valence-corrected chi connectivity index (χ2v) is 7.00. The number of amides is 1. The number of aliphatic carboxylic acids is 1. The predicted molar refractivity (Wildman–Crippen MR) is 71.3 cm³/mol. The Bertz CT molecular complexity index is 519. The number of β-lactam (4-membered cyclic amide) rings is 1. The zero-order chi connectivity index (χ0) is 13.7. The van der Waals surface area contributed by atoms with Crippen LogP contribution >= 0.6 is 23.5 Å². The van der Waals surface area contributed by atoms with E-state index in [0.29, 0.717) is 24.2 Å². The van der Waals surface area contributed by atoms with Crippen LogP contribution < -0.4 is 5.73 Å². The van der Waals surface area contributed by atoms with Crippen LogP contribution in [-0.2, 0) is 14.4 Å². The molecule has 0 aromatic heterocycles. The lowest BCUT2D eigenvalue weighted by atomic mass is 10.0. The van der Waals surface area contributed by atoms with E-state index in [1.54, 1.807) is 0 Å². The molecule has 1 amide bonds. The van der Waals surface area contributed by atoms with Gasteiger partial charge in [-0.05, 0) is 12.0 Å². The van der Waals surface area contributed by atoms with E-state index >= 15 is 0 Å². The zero-order valence-corrected chi connectivity index (χ0v) is 11.5. The van der Waals surface area contributed by atoms with Crippen LogP contribution in [0.1, 0.15) is 12.8 Å². The van der Waals surface area contributed by atoms with Crippen LogP contribution in [-0.4, -0.2) is 49.4 Å². The number of carbonyl (C=O) groups excluding carboxylic acids is 2. The van der Waals surface area contributed by atoms with Crippen molar-refractivity contribution in [2.24, 2.45) is 5.73 Å². The number of carbonyl (C=O) groups is 3. The van der Waals surface area contributed by atoms with E-state index in [4.69, 9.17) is 5.73 Å². The third kappa shape index (κ3) is 1.89. The molecule has 0 aromatic rings. The maximum absolute atomic E-state index is 11.8. The minimum atomic E-state index is -1.11. The first-order valence-corrected chi connectivity index (χ1v) is 7.79.